The Labute approximate surface area is 163 Å². The highest BCUT2D eigenvalue weighted by Gasteiger charge is 2.30. The standard InChI is InChI=1S/C20H23N5O3/c26-19(22-15-4-2-1-3-5-15)14-23-10-12-24(13-11-23)20-16-8-9-21-17(16)6-7-18(20)25(27)28/h1-7,21H,8-14H2,(H,22,26). The van der Waals surface area contributed by atoms with Crippen molar-refractivity contribution in [3.05, 3.63) is 58.1 Å². The summed E-state index contributed by atoms with van der Waals surface area (Å²) in [6.45, 7) is 3.83. The minimum absolute atomic E-state index is 0.0459. The third-order valence-electron chi connectivity index (χ3n) is 5.26. The minimum Gasteiger partial charge on any atom is -0.384 e. The fourth-order valence-corrected chi connectivity index (χ4v) is 3.92. The minimum atomic E-state index is -0.298. The quantitative estimate of drug-likeness (QED) is 0.610. The summed E-state index contributed by atoms with van der Waals surface area (Å²) < 4.78 is 0. The zero-order chi connectivity index (χ0) is 19.5. The highest BCUT2D eigenvalue weighted by atomic mass is 16.6. The smallest absolute Gasteiger partial charge is 0.292 e. The summed E-state index contributed by atoms with van der Waals surface area (Å²) in [5.74, 6) is -0.0459. The van der Waals surface area contributed by atoms with Crippen LogP contribution < -0.4 is 15.5 Å². The van der Waals surface area contributed by atoms with Gasteiger partial charge in [0.15, 0.2) is 0 Å². The highest BCUT2D eigenvalue weighted by Crippen LogP contribution is 2.39. The van der Waals surface area contributed by atoms with E-state index in [-0.39, 0.29) is 16.5 Å². The lowest BCUT2D eigenvalue weighted by Crippen LogP contribution is -2.49. The van der Waals surface area contributed by atoms with Crippen LogP contribution in [0.1, 0.15) is 5.56 Å². The lowest BCUT2D eigenvalue weighted by Gasteiger charge is -2.36. The second kappa shape index (κ2) is 7.85. The molecule has 2 heterocycles. The van der Waals surface area contributed by atoms with Crippen molar-refractivity contribution in [1.82, 2.24) is 4.90 Å². The molecule has 8 heteroatoms. The Morgan fingerprint density at radius 2 is 1.86 bits per heavy atom. The largest absolute Gasteiger partial charge is 0.384 e. The summed E-state index contributed by atoms with van der Waals surface area (Å²) in [6.07, 6.45) is 0.798. The van der Waals surface area contributed by atoms with Crippen LogP contribution in [0.3, 0.4) is 0 Å². The normalized spacial score (nSPS) is 16.4. The number of hydrogen-bond donors (Lipinski definition) is 2. The van der Waals surface area contributed by atoms with Gasteiger partial charge in [-0.15, -0.1) is 0 Å². The lowest BCUT2D eigenvalue weighted by atomic mass is 10.1. The first kappa shape index (κ1) is 18.2. The molecule has 4 rings (SSSR count). The number of anilines is 3. The molecule has 2 N–H and O–H groups in total. The van der Waals surface area contributed by atoms with E-state index in [1.807, 2.05) is 30.3 Å². The number of para-hydroxylation sites is 1. The van der Waals surface area contributed by atoms with Crippen molar-refractivity contribution in [3.63, 3.8) is 0 Å². The van der Waals surface area contributed by atoms with E-state index in [0.717, 1.165) is 35.6 Å². The molecule has 8 nitrogen and oxygen atoms in total. The molecule has 146 valence electrons. The van der Waals surface area contributed by atoms with Crippen LogP contribution in [0.5, 0.6) is 0 Å². The Bertz CT molecular complexity index is 879. The number of nitro groups is 1. The van der Waals surface area contributed by atoms with Gasteiger partial charge in [0.1, 0.15) is 5.69 Å². The SMILES string of the molecule is O=C(CN1CCN(c2c([N+](=O)[O-])ccc3c2CCN3)CC1)Nc1ccccc1. The second-order valence-electron chi connectivity index (χ2n) is 7.07. The van der Waals surface area contributed by atoms with Crippen molar-refractivity contribution in [2.75, 3.05) is 54.8 Å². The summed E-state index contributed by atoms with van der Waals surface area (Å²) in [6, 6.07) is 12.8. The summed E-state index contributed by atoms with van der Waals surface area (Å²) >= 11 is 0. The van der Waals surface area contributed by atoms with E-state index in [2.05, 4.69) is 20.4 Å². The van der Waals surface area contributed by atoms with Gasteiger partial charge >= 0.3 is 0 Å². The Kier molecular flexibility index (Phi) is 5.12. The first-order valence-corrected chi connectivity index (χ1v) is 9.48. The third kappa shape index (κ3) is 3.77. The average Bonchev–Trinajstić information content (AvgIpc) is 3.17. The molecule has 2 aromatic carbocycles. The van der Waals surface area contributed by atoms with E-state index in [9.17, 15) is 14.9 Å². The molecule has 1 saturated heterocycles. The maximum absolute atomic E-state index is 12.3. The van der Waals surface area contributed by atoms with Gasteiger partial charge < -0.3 is 15.5 Å². The topological polar surface area (TPSA) is 90.8 Å². The van der Waals surface area contributed by atoms with E-state index in [4.69, 9.17) is 0 Å². The second-order valence-corrected chi connectivity index (χ2v) is 7.07. The van der Waals surface area contributed by atoms with Crippen LogP contribution in [0.15, 0.2) is 42.5 Å². The first-order chi connectivity index (χ1) is 13.6. The zero-order valence-electron chi connectivity index (χ0n) is 15.6. The lowest BCUT2D eigenvalue weighted by molar-refractivity contribution is -0.384. The zero-order valence-corrected chi connectivity index (χ0v) is 15.6. The van der Waals surface area contributed by atoms with Gasteiger partial charge in [-0.2, -0.15) is 0 Å². The summed E-state index contributed by atoms with van der Waals surface area (Å²) in [4.78, 5) is 27.7. The maximum Gasteiger partial charge on any atom is 0.292 e. The van der Waals surface area contributed by atoms with Gasteiger partial charge in [-0.3, -0.25) is 19.8 Å². The van der Waals surface area contributed by atoms with Crippen LogP contribution in [0, 0.1) is 10.1 Å². The number of benzene rings is 2. The molecule has 0 saturated carbocycles. The van der Waals surface area contributed by atoms with Crippen molar-refractivity contribution in [2.24, 2.45) is 0 Å². The molecule has 1 fully saturated rings. The predicted octanol–water partition coefficient (Wildman–Crippen LogP) is 2.32. The van der Waals surface area contributed by atoms with Crippen molar-refractivity contribution >= 4 is 28.7 Å². The van der Waals surface area contributed by atoms with Crippen LogP contribution in [-0.4, -0.2) is 55.0 Å². The molecule has 1 amide bonds. The molecule has 0 aromatic heterocycles. The number of nitro benzene ring substituents is 1. The molecule has 2 aromatic rings. The predicted molar refractivity (Wildman–Crippen MR) is 109 cm³/mol. The highest BCUT2D eigenvalue weighted by molar-refractivity contribution is 5.92. The van der Waals surface area contributed by atoms with Gasteiger partial charge in [-0.05, 0) is 24.6 Å². The number of nitrogens with one attached hydrogen (secondary N) is 2. The number of hydrogen-bond acceptors (Lipinski definition) is 6. The fraction of sp³-hybridized carbons (Fsp3) is 0.350. The Balaban J connectivity index is 1.40. The molecule has 0 spiro atoms. The number of nitrogens with zero attached hydrogens (tertiary/aromatic N) is 3. The molecule has 0 atom stereocenters. The Hall–Kier alpha value is -3.13. The molecular weight excluding hydrogens is 358 g/mol. The number of amides is 1. The van der Waals surface area contributed by atoms with E-state index in [1.165, 1.54) is 0 Å². The van der Waals surface area contributed by atoms with Gasteiger partial charge in [0.05, 0.1) is 11.5 Å². The van der Waals surface area contributed by atoms with Crippen LogP contribution in [0.2, 0.25) is 0 Å². The van der Waals surface area contributed by atoms with Crippen molar-refractivity contribution in [3.8, 4) is 0 Å². The molecule has 0 aliphatic carbocycles. The van der Waals surface area contributed by atoms with Crippen LogP contribution >= 0.6 is 0 Å². The number of carbonyl (C=O) groups is 1. The van der Waals surface area contributed by atoms with Gasteiger partial charge in [-0.1, -0.05) is 18.2 Å². The molecule has 2 aliphatic heterocycles. The van der Waals surface area contributed by atoms with Crippen molar-refractivity contribution < 1.29 is 9.72 Å². The van der Waals surface area contributed by atoms with E-state index < -0.39 is 0 Å². The van der Waals surface area contributed by atoms with Gasteiger partial charge in [0.2, 0.25) is 5.91 Å². The fourth-order valence-electron chi connectivity index (χ4n) is 3.92. The van der Waals surface area contributed by atoms with Crippen LogP contribution in [0.25, 0.3) is 0 Å². The summed E-state index contributed by atoms with van der Waals surface area (Å²) in [5, 5.41) is 17.7. The molecule has 28 heavy (non-hydrogen) atoms. The number of fused-ring (bicyclic) bond motifs is 1. The Morgan fingerprint density at radius 3 is 2.57 bits per heavy atom. The van der Waals surface area contributed by atoms with Crippen LogP contribution in [-0.2, 0) is 11.2 Å². The van der Waals surface area contributed by atoms with Gasteiger partial charge in [0.25, 0.3) is 5.69 Å². The summed E-state index contributed by atoms with van der Waals surface area (Å²) in [5.41, 5.74) is 3.71. The van der Waals surface area contributed by atoms with E-state index in [1.54, 1.807) is 12.1 Å². The monoisotopic (exact) mass is 381 g/mol. The Morgan fingerprint density at radius 1 is 1.11 bits per heavy atom. The molecule has 2 aliphatic rings. The maximum atomic E-state index is 12.3. The average molecular weight is 381 g/mol. The number of rotatable bonds is 5. The first-order valence-electron chi connectivity index (χ1n) is 9.48. The molecule has 0 bridgehead atoms. The number of carbonyl (C=O) groups excluding carboxylic acids is 1. The molecule has 0 radical (unpaired) electrons. The van der Waals surface area contributed by atoms with Gasteiger partial charge in [-0.25, -0.2) is 0 Å². The van der Waals surface area contributed by atoms with Crippen LogP contribution in [0.4, 0.5) is 22.7 Å². The van der Waals surface area contributed by atoms with E-state index >= 15 is 0 Å². The van der Waals surface area contributed by atoms with Crippen molar-refractivity contribution in [2.45, 2.75) is 6.42 Å². The number of piperazine rings is 1. The van der Waals surface area contributed by atoms with E-state index in [0.29, 0.717) is 32.7 Å². The molecule has 0 unspecified atom stereocenters. The third-order valence-corrected chi connectivity index (χ3v) is 5.26. The summed E-state index contributed by atoms with van der Waals surface area (Å²) in [7, 11) is 0. The molecular formula is C20H23N5O3. The van der Waals surface area contributed by atoms with Crippen molar-refractivity contribution in [1.29, 1.82) is 0 Å². The van der Waals surface area contributed by atoms with Gasteiger partial charge in [0, 0.05) is 55.7 Å².